The molecule has 2 fully saturated rings. The highest BCUT2D eigenvalue weighted by atomic mass is 32.2. The summed E-state index contributed by atoms with van der Waals surface area (Å²) in [6.07, 6.45) is -6.41. The minimum Gasteiger partial charge on any atom is -0.475 e. The van der Waals surface area contributed by atoms with E-state index in [1.807, 2.05) is 29.2 Å². The zero-order chi connectivity index (χ0) is 36.7. The molecule has 2 aromatic carbocycles. The number of carboxylic acids is 1. The Kier molecular flexibility index (Phi) is 12.4. The number of ether oxygens (including phenoxy) is 1. The number of rotatable bonds is 9. The molecule has 1 saturated carbocycles. The SMILES string of the molecule is CC(=O)N1CCN(c2nc(NCC3CCC(CNS(=O)(=O)c4ccc(OC(F)(F)F)cc4)CC3)nc3ccccc23)CC1.O=C(O)C(F)(F)F. The highest BCUT2D eigenvalue weighted by Crippen LogP contribution is 2.31. The molecule has 5 rings (SSSR count). The van der Waals surface area contributed by atoms with Gasteiger partial charge in [0.25, 0.3) is 0 Å². The minimum atomic E-state index is -5.08. The van der Waals surface area contributed by atoms with Gasteiger partial charge in [-0.15, -0.1) is 13.2 Å². The minimum absolute atomic E-state index is 0.0785. The quantitative estimate of drug-likeness (QED) is 0.255. The standard InChI is InChI=1S/C29H35F3N6O4S.C2HF3O2/c1-20(39)37-14-16-38(17-15-37)27-25-4-2-3-5-26(25)35-28(36-27)33-18-21-6-8-22(9-7-21)19-34-43(40,41)24-12-10-23(11-13-24)42-29(30,31)32;3-2(4,5)1(6)7/h2-5,10-13,21-22,34H,6-9,14-19H2,1H3,(H,33,35,36);(H,6,7). The van der Waals surface area contributed by atoms with Crippen LogP contribution < -0.4 is 19.7 Å². The van der Waals surface area contributed by atoms with Crippen LogP contribution in [0.5, 0.6) is 5.75 Å². The Morgan fingerprint density at radius 2 is 1.44 bits per heavy atom. The number of piperazine rings is 1. The van der Waals surface area contributed by atoms with Crippen LogP contribution in [0.25, 0.3) is 10.9 Å². The van der Waals surface area contributed by atoms with E-state index in [0.29, 0.717) is 44.6 Å². The average Bonchev–Trinajstić information content (AvgIpc) is 3.06. The highest BCUT2D eigenvalue weighted by Gasteiger charge is 2.38. The zero-order valence-electron chi connectivity index (χ0n) is 26.8. The van der Waals surface area contributed by atoms with Crippen LogP contribution in [0.15, 0.2) is 53.4 Å². The molecule has 1 amide bonds. The molecular formula is C31H36F6N6O6S. The Bertz CT molecular complexity index is 1730. The maximum atomic E-state index is 12.7. The number of benzene rings is 2. The number of carbonyl (C=O) groups excluding carboxylic acids is 1. The molecule has 0 radical (unpaired) electrons. The van der Waals surface area contributed by atoms with E-state index < -0.39 is 34.3 Å². The van der Waals surface area contributed by atoms with Crippen LogP contribution in [0.3, 0.4) is 0 Å². The molecule has 1 aliphatic carbocycles. The van der Waals surface area contributed by atoms with E-state index in [2.05, 4.69) is 19.7 Å². The van der Waals surface area contributed by atoms with Gasteiger partial charge in [-0.1, -0.05) is 12.1 Å². The van der Waals surface area contributed by atoms with E-state index in [-0.39, 0.29) is 23.3 Å². The lowest BCUT2D eigenvalue weighted by Crippen LogP contribution is -2.48. The number of carboxylic acid groups (broad SMARTS) is 1. The molecule has 2 aliphatic rings. The van der Waals surface area contributed by atoms with E-state index in [9.17, 15) is 39.6 Å². The molecule has 0 bridgehead atoms. The van der Waals surface area contributed by atoms with Crippen molar-refractivity contribution in [3.05, 3.63) is 48.5 Å². The zero-order valence-corrected chi connectivity index (χ0v) is 27.6. The summed E-state index contributed by atoms with van der Waals surface area (Å²) < 4.78 is 101. The molecule has 3 N–H and O–H groups in total. The molecule has 2 heterocycles. The number of alkyl halides is 6. The number of aromatic nitrogens is 2. The average molecular weight is 735 g/mol. The van der Waals surface area contributed by atoms with Gasteiger partial charge in [0, 0.05) is 51.6 Å². The number of amides is 1. The number of aliphatic carboxylic acids is 1. The van der Waals surface area contributed by atoms with E-state index in [4.69, 9.17) is 19.9 Å². The number of halogens is 6. The van der Waals surface area contributed by atoms with E-state index in [0.717, 1.165) is 66.7 Å². The van der Waals surface area contributed by atoms with Crippen molar-refractivity contribution in [2.45, 2.75) is 50.0 Å². The van der Waals surface area contributed by atoms with E-state index >= 15 is 0 Å². The Labute approximate surface area is 283 Å². The summed E-state index contributed by atoms with van der Waals surface area (Å²) in [4.78, 5) is 34.2. The van der Waals surface area contributed by atoms with Crippen molar-refractivity contribution in [3.8, 4) is 5.75 Å². The maximum Gasteiger partial charge on any atom is 0.573 e. The van der Waals surface area contributed by atoms with Crippen LogP contribution >= 0.6 is 0 Å². The van der Waals surface area contributed by atoms with Gasteiger partial charge < -0.3 is 25.0 Å². The second kappa shape index (κ2) is 16.1. The second-order valence-electron chi connectivity index (χ2n) is 11.8. The van der Waals surface area contributed by atoms with Gasteiger partial charge in [-0.2, -0.15) is 18.2 Å². The number of carbonyl (C=O) groups is 2. The molecule has 3 aromatic rings. The van der Waals surface area contributed by atoms with Crippen LogP contribution in [0.4, 0.5) is 38.1 Å². The lowest BCUT2D eigenvalue weighted by atomic mass is 9.82. The van der Waals surface area contributed by atoms with Crippen LogP contribution in [-0.2, 0) is 19.6 Å². The van der Waals surface area contributed by atoms with E-state index in [1.54, 1.807) is 6.92 Å². The molecule has 1 aromatic heterocycles. The van der Waals surface area contributed by atoms with Crippen LogP contribution in [0.2, 0.25) is 0 Å². The number of hydrogen-bond acceptors (Lipinski definition) is 9. The van der Waals surface area contributed by atoms with Crippen molar-refractivity contribution >= 4 is 44.6 Å². The third kappa shape index (κ3) is 11.1. The topological polar surface area (TPSA) is 154 Å². The first-order valence-electron chi connectivity index (χ1n) is 15.6. The molecule has 274 valence electrons. The number of nitrogens with one attached hydrogen (secondary N) is 2. The van der Waals surface area contributed by atoms with Crippen molar-refractivity contribution in [1.82, 2.24) is 19.6 Å². The maximum absolute atomic E-state index is 12.7. The summed E-state index contributed by atoms with van der Waals surface area (Å²) in [6.45, 7) is 5.25. The number of fused-ring (bicyclic) bond motifs is 1. The van der Waals surface area contributed by atoms with Crippen molar-refractivity contribution in [1.29, 1.82) is 0 Å². The fourth-order valence-electron chi connectivity index (χ4n) is 5.62. The van der Waals surface area contributed by atoms with Gasteiger partial charge in [0.05, 0.1) is 10.4 Å². The Morgan fingerprint density at radius 3 is 1.98 bits per heavy atom. The summed E-state index contributed by atoms with van der Waals surface area (Å²) in [5.74, 6) is -1.19. The largest absolute Gasteiger partial charge is 0.573 e. The van der Waals surface area contributed by atoms with Gasteiger partial charge in [0.15, 0.2) is 0 Å². The van der Waals surface area contributed by atoms with Gasteiger partial charge in [0.1, 0.15) is 11.6 Å². The third-order valence-electron chi connectivity index (χ3n) is 8.29. The fraction of sp³-hybridized carbons (Fsp3) is 0.484. The predicted molar refractivity (Wildman–Crippen MR) is 170 cm³/mol. The highest BCUT2D eigenvalue weighted by molar-refractivity contribution is 7.89. The molecule has 1 saturated heterocycles. The Hall–Kier alpha value is -4.39. The van der Waals surface area contributed by atoms with Gasteiger partial charge in [-0.3, -0.25) is 4.79 Å². The smallest absolute Gasteiger partial charge is 0.475 e. The molecule has 0 spiro atoms. The monoisotopic (exact) mass is 734 g/mol. The van der Waals surface area contributed by atoms with Crippen molar-refractivity contribution < 1.29 is 54.2 Å². The number of hydrogen-bond donors (Lipinski definition) is 3. The third-order valence-corrected chi connectivity index (χ3v) is 9.73. The lowest BCUT2D eigenvalue weighted by molar-refractivity contribution is -0.274. The number of para-hydroxylation sites is 1. The Balaban J connectivity index is 0.000000727. The summed E-state index contributed by atoms with van der Waals surface area (Å²) in [7, 11) is -3.86. The first-order valence-corrected chi connectivity index (χ1v) is 17.1. The molecular weight excluding hydrogens is 698 g/mol. The van der Waals surface area contributed by atoms with Crippen molar-refractivity contribution in [2.75, 3.05) is 49.5 Å². The van der Waals surface area contributed by atoms with Gasteiger partial charge in [-0.25, -0.2) is 22.9 Å². The van der Waals surface area contributed by atoms with Crippen molar-refractivity contribution in [3.63, 3.8) is 0 Å². The number of sulfonamides is 1. The predicted octanol–water partition coefficient (Wildman–Crippen LogP) is 5.03. The first kappa shape index (κ1) is 38.4. The van der Waals surface area contributed by atoms with Crippen LogP contribution in [0.1, 0.15) is 32.6 Å². The summed E-state index contributed by atoms with van der Waals surface area (Å²) in [6, 6.07) is 12.1. The van der Waals surface area contributed by atoms with Crippen molar-refractivity contribution in [2.24, 2.45) is 11.8 Å². The molecule has 12 nitrogen and oxygen atoms in total. The molecule has 50 heavy (non-hydrogen) atoms. The first-order chi connectivity index (χ1) is 23.4. The number of nitrogens with zero attached hydrogens (tertiary/aromatic N) is 4. The number of anilines is 2. The summed E-state index contributed by atoms with van der Waals surface area (Å²) >= 11 is 0. The Morgan fingerprint density at radius 1 is 0.880 bits per heavy atom. The summed E-state index contributed by atoms with van der Waals surface area (Å²) in [5, 5.41) is 11.5. The van der Waals surface area contributed by atoms with Crippen LogP contribution in [0, 0.1) is 11.8 Å². The normalized spacial score (nSPS) is 18.6. The van der Waals surface area contributed by atoms with Gasteiger partial charge in [-0.05, 0) is 73.9 Å². The van der Waals surface area contributed by atoms with Gasteiger partial charge >= 0.3 is 18.5 Å². The molecule has 19 heteroatoms. The summed E-state index contributed by atoms with van der Waals surface area (Å²) in [5.41, 5.74) is 0.850. The molecule has 1 aliphatic heterocycles. The molecule has 0 unspecified atom stereocenters. The second-order valence-corrected chi connectivity index (χ2v) is 13.6. The van der Waals surface area contributed by atoms with Gasteiger partial charge in [0.2, 0.25) is 21.9 Å². The van der Waals surface area contributed by atoms with E-state index in [1.165, 1.54) is 0 Å². The fourth-order valence-corrected chi connectivity index (χ4v) is 6.74. The molecule has 0 atom stereocenters. The van der Waals surface area contributed by atoms with Crippen LogP contribution in [-0.4, -0.2) is 92.1 Å². The lowest BCUT2D eigenvalue weighted by Gasteiger charge is -2.35.